The van der Waals surface area contributed by atoms with Crippen LogP contribution >= 0.6 is 11.6 Å². The van der Waals surface area contributed by atoms with E-state index < -0.39 is 11.6 Å². The van der Waals surface area contributed by atoms with Gasteiger partial charge in [-0.1, -0.05) is 11.6 Å². The first-order valence-electron chi connectivity index (χ1n) is 10.6. The van der Waals surface area contributed by atoms with Crippen molar-refractivity contribution < 1.29 is 13.5 Å². The molecule has 170 valence electrons. The van der Waals surface area contributed by atoms with Crippen molar-refractivity contribution in [2.45, 2.75) is 39.2 Å². The van der Waals surface area contributed by atoms with Crippen molar-refractivity contribution in [2.75, 3.05) is 6.61 Å². The first kappa shape index (κ1) is 23.1. The zero-order valence-corrected chi connectivity index (χ0v) is 19.0. The molecule has 6 nitrogen and oxygen atoms in total. The summed E-state index contributed by atoms with van der Waals surface area (Å²) in [5, 5.41) is -0.286. The normalized spacial score (nSPS) is 15.7. The second-order valence-corrected chi connectivity index (χ2v) is 8.12. The predicted molar refractivity (Wildman–Crippen MR) is 122 cm³/mol. The van der Waals surface area contributed by atoms with E-state index in [1.165, 1.54) is 43.1 Å². The zero-order valence-electron chi connectivity index (χ0n) is 18.2. The maximum atomic E-state index is 14.0. The number of aromatic nitrogens is 5. The number of pyridine rings is 1. The van der Waals surface area contributed by atoms with Crippen LogP contribution in [0.2, 0.25) is 5.02 Å². The standard InChI is InChI=1S/C13H7ClF2N4.C11H15NO/c1-6-4-17-12-11(18-5-19-13(12)20-6)7-2-3-8(14)10(16)9(7)15;1-9-8-10(5-6-12-9)11-4-2-3-7-13-11/h2-5H,1H3;5-6,8,11H,2-4,7H2,1H3. The number of hydrogen-bond donors (Lipinski definition) is 0. The molecule has 1 fully saturated rings. The molecule has 0 bridgehead atoms. The van der Waals surface area contributed by atoms with Gasteiger partial charge < -0.3 is 4.74 Å². The van der Waals surface area contributed by atoms with Crippen molar-refractivity contribution in [1.82, 2.24) is 24.9 Å². The van der Waals surface area contributed by atoms with Gasteiger partial charge in [-0.3, -0.25) is 4.98 Å². The highest BCUT2D eigenvalue weighted by molar-refractivity contribution is 6.30. The van der Waals surface area contributed by atoms with E-state index in [1.807, 2.05) is 13.1 Å². The van der Waals surface area contributed by atoms with Crippen LogP contribution in [0.4, 0.5) is 8.78 Å². The average Bonchev–Trinajstić information content (AvgIpc) is 2.83. The summed E-state index contributed by atoms with van der Waals surface area (Å²) in [6, 6.07) is 6.80. The molecule has 1 aliphatic heterocycles. The first-order chi connectivity index (χ1) is 15.9. The molecule has 0 spiro atoms. The van der Waals surface area contributed by atoms with E-state index in [0.717, 1.165) is 18.7 Å². The van der Waals surface area contributed by atoms with Crippen LogP contribution in [0.25, 0.3) is 22.4 Å². The number of halogens is 3. The highest BCUT2D eigenvalue weighted by atomic mass is 35.5. The third-order valence-electron chi connectivity index (χ3n) is 5.23. The molecule has 5 rings (SSSR count). The molecular weight excluding hydrogens is 448 g/mol. The minimum Gasteiger partial charge on any atom is -0.374 e. The Hall–Kier alpha value is -3.10. The topological polar surface area (TPSA) is 73.7 Å². The van der Waals surface area contributed by atoms with E-state index in [2.05, 4.69) is 37.1 Å². The summed E-state index contributed by atoms with van der Waals surface area (Å²) in [5.74, 6) is -2.18. The zero-order chi connectivity index (χ0) is 23.4. The maximum Gasteiger partial charge on any atom is 0.182 e. The van der Waals surface area contributed by atoms with Crippen molar-refractivity contribution in [3.05, 3.63) is 76.6 Å². The van der Waals surface area contributed by atoms with Gasteiger partial charge in [-0.05, 0) is 62.9 Å². The minimum atomic E-state index is -1.11. The summed E-state index contributed by atoms with van der Waals surface area (Å²) in [6.45, 7) is 4.69. The maximum absolute atomic E-state index is 14.0. The van der Waals surface area contributed by atoms with Gasteiger partial charge in [-0.2, -0.15) is 0 Å². The van der Waals surface area contributed by atoms with Crippen LogP contribution < -0.4 is 0 Å². The van der Waals surface area contributed by atoms with Crippen molar-refractivity contribution in [3.8, 4) is 11.3 Å². The van der Waals surface area contributed by atoms with E-state index in [0.29, 0.717) is 23.0 Å². The van der Waals surface area contributed by atoms with Gasteiger partial charge in [0.05, 0.1) is 16.8 Å². The third-order valence-corrected chi connectivity index (χ3v) is 5.52. The summed E-state index contributed by atoms with van der Waals surface area (Å²) < 4.78 is 33.2. The SMILES string of the molecule is Cc1cc(C2CCCCO2)ccn1.Cc1cnc2c(-c3ccc(Cl)c(F)c3F)ncnc2n1. The lowest BCUT2D eigenvalue weighted by molar-refractivity contribution is 0.0149. The number of fused-ring (bicyclic) bond motifs is 1. The van der Waals surface area contributed by atoms with Gasteiger partial charge in [-0.15, -0.1) is 0 Å². The monoisotopic (exact) mass is 469 g/mol. The van der Waals surface area contributed by atoms with Gasteiger partial charge in [-0.25, -0.2) is 28.7 Å². The molecule has 1 aliphatic rings. The average molecular weight is 470 g/mol. The summed E-state index contributed by atoms with van der Waals surface area (Å²) in [6.07, 6.45) is 8.57. The number of benzene rings is 1. The highest BCUT2D eigenvalue weighted by Gasteiger charge is 2.18. The molecule has 4 aromatic rings. The van der Waals surface area contributed by atoms with Crippen molar-refractivity contribution >= 4 is 22.8 Å². The van der Waals surface area contributed by atoms with Crippen LogP contribution in [0.3, 0.4) is 0 Å². The smallest absolute Gasteiger partial charge is 0.182 e. The second-order valence-electron chi connectivity index (χ2n) is 7.71. The van der Waals surface area contributed by atoms with Gasteiger partial charge >= 0.3 is 0 Å². The van der Waals surface area contributed by atoms with Gasteiger partial charge in [0.1, 0.15) is 17.5 Å². The number of nitrogens with zero attached hydrogens (tertiary/aromatic N) is 5. The van der Waals surface area contributed by atoms with Crippen LogP contribution in [0, 0.1) is 25.5 Å². The van der Waals surface area contributed by atoms with E-state index in [1.54, 1.807) is 6.92 Å². The molecule has 0 aliphatic carbocycles. The quantitative estimate of drug-likeness (QED) is 0.337. The van der Waals surface area contributed by atoms with Crippen LogP contribution in [-0.4, -0.2) is 31.5 Å². The Kier molecular flexibility index (Phi) is 7.15. The molecule has 1 saturated heterocycles. The van der Waals surface area contributed by atoms with Crippen molar-refractivity contribution in [2.24, 2.45) is 0 Å². The number of aryl methyl sites for hydroxylation is 2. The minimum absolute atomic E-state index is 0.0301. The molecule has 0 radical (unpaired) electrons. The van der Waals surface area contributed by atoms with Crippen LogP contribution in [0.5, 0.6) is 0 Å². The molecule has 9 heteroatoms. The fraction of sp³-hybridized carbons (Fsp3) is 0.292. The van der Waals surface area contributed by atoms with Gasteiger partial charge in [0.2, 0.25) is 0 Å². The molecule has 1 atom stereocenters. The molecule has 33 heavy (non-hydrogen) atoms. The number of ether oxygens (including phenoxy) is 1. The molecule has 0 N–H and O–H groups in total. The fourth-order valence-electron chi connectivity index (χ4n) is 3.60. The summed E-state index contributed by atoms with van der Waals surface area (Å²) in [4.78, 5) is 20.4. The van der Waals surface area contributed by atoms with Crippen LogP contribution in [0.15, 0.2) is 43.0 Å². The molecule has 3 aromatic heterocycles. The Balaban J connectivity index is 0.000000172. The molecule has 1 aromatic carbocycles. The largest absolute Gasteiger partial charge is 0.374 e. The van der Waals surface area contributed by atoms with Crippen molar-refractivity contribution in [3.63, 3.8) is 0 Å². The third kappa shape index (κ3) is 5.29. The summed E-state index contributed by atoms with van der Waals surface area (Å²) in [5.41, 5.74) is 3.81. The van der Waals surface area contributed by atoms with Gasteiger partial charge in [0.25, 0.3) is 0 Å². The summed E-state index contributed by atoms with van der Waals surface area (Å²) in [7, 11) is 0. The van der Waals surface area contributed by atoms with Crippen molar-refractivity contribution in [1.29, 1.82) is 0 Å². The Morgan fingerprint density at radius 3 is 2.58 bits per heavy atom. The van der Waals surface area contributed by atoms with Gasteiger partial charge in [0.15, 0.2) is 17.3 Å². The van der Waals surface area contributed by atoms with Gasteiger partial charge in [0, 0.05) is 30.3 Å². The lowest BCUT2D eigenvalue weighted by atomic mass is 10.0. The van der Waals surface area contributed by atoms with E-state index in [4.69, 9.17) is 16.3 Å². The fourth-order valence-corrected chi connectivity index (χ4v) is 3.75. The Bertz CT molecular complexity index is 1280. The predicted octanol–water partition coefficient (Wildman–Crippen LogP) is 5.96. The number of rotatable bonds is 2. The molecule has 1 unspecified atom stereocenters. The van der Waals surface area contributed by atoms with E-state index in [9.17, 15) is 8.78 Å². The van der Waals surface area contributed by atoms with Crippen LogP contribution in [0.1, 0.15) is 42.3 Å². The number of hydrogen-bond acceptors (Lipinski definition) is 6. The lowest BCUT2D eigenvalue weighted by Gasteiger charge is -2.22. The van der Waals surface area contributed by atoms with E-state index in [-0.39, 0.29) is 16.3 Å². The molecule has 0 saturated carbocycles. The van der Waals surface area contributed by atoms with E-state index >= 15 is 0 Å². The Morgan fingerprint density at radius 1 is 0.970 bits per heavy atom. The highest BCUT2D eigenvalue weighted by Crippen LogP contribution is 2.30. The molecule has 4 heterocycles. The summed E-state index contributed by atoms with van der Waals surface area (Å²) >= 11 is 5.54. The van der Waals surface area contributed by atoms with Crippen LogP contribution in [-0.2, 0) is 4.74 Å². The lowest BCUT2D eigenvalue weighted by Crippen LogP contribution is -2.11. The molecule has 0 amide bonds. The Morgan fingerprint density at radius 2 is 1.82 bits per heavy atom. The second kappa shape index (κ2) is 10.2. The Labute approximate surface area is 195 Å². The molecular formula is C24H22ClF2N5O. The first-order valence-corrected chi connectivity index (χ1v) is 10.9.